The lowest BCUT2D eigenvalue weighted by atomic mass is 10.1. The van der Waals surface area contributed by atoms with Gasteiger partial charge < -0.3 is 0 Å². The highest BCUT2D eigenvalue weighted by atomic mass is 16.1. The number of aryl methyl sites for hydroxylation is 1. The minimum Gasteiger partial charge on any atom is -0.289 e. The number of hydrogen-bond donors (Lipinski definition) is 0. The summed E-state index contributed by atoms with van der Waals surface area (Å²) in [5, 5.41) is 5.17. The molecule has 0 aliphatic heterocycles. The maximum absolute atomic E-state index is 12.1. The topological polar surface area (TPSA) is 47.8 Å². The normalized spacial score (nSPS) is 11.3. The number of allylic oxidation sites excluding steroid dienone is 1. The van der Waals surface area contributed by atoms with E-state index in [4.69, 9.17) is 0 Å². The highest BCUT2D eigenvalue weighted by Gasteiger charge is 2.04. The van der Waals surface area contributed by atoms with Gasteiger partial charge in [-0.2, -0.15) is 5.10 Å². The van der Waals surface area contributed by atoms with Gasteiger partial charge in [0, 0.05) is 24.3 Å². The van der Waals surface area contributed by atoms with Gasteiger partial charge in [-0.25, -0.2) is 0 Å². The molecule has 0 aliphatic rings. The van der Waals surface area contributed by atoms with Gasteiger partial charge in [-0.05, 0) is 36.8 Å². The van der Waals surface area contributed by atoms with Crippen molar-refractivity contribution in [2.45, 2.75) is 13.5 Å². The first-order valence-corrected chi connectivity index (χ1v) is 6.86. The summed E-state index contributed by atoms with van der Waals surface area (Å²) in [5.41, 5.74) is 2.53. The third-order valence-electron chi connectivity index (χ3n) is 3.30. The highest BCUT2D eigenvalue weighted by Crippen LogP contribution is 2.14. The summed E-state index contributed by atoms with van der Waals surface area (Å²) in [6, 6.07) is 9.83. The monoisotopic (exact) mass is 277 g/mol. The quantitative estimate of drug-likeness (QED) is 0.543. The van der Waals surface area contributed by atoms with Gasteiger partial charge in [0.2, 0.25) is 0 Å². The lowest BCUT2D eigenvalue weighted by molar-refractivity contribution is 0.104. The van der Waals surface area contributed by atoms with Crippen LogP contribution in [0.5, 0.6) is 0 Å². The predicted octanol–water partition coefficient (Wildman–Crippen LogP) is 3.35. The number of ketones is 1. The minimum atomic E-state index is -0.0408. The van der Waals surface area contributed by atoms with E-state index >= 15 is 0 Å². The fourth-order valence-electron chi connectivity index (χ4n) is 2.13. The van der Waals surface area contributed by atoms with Crippen LogP contribution in [0.3, 0.4) is 0 Å². The van der Waals surface area contributed by atoms with Crippen molar-refractivity contribution >= 4 is 22.8 Å². The van der Waals surface area contributed by atoms with E-state index in [0.29, 0.717) is 5.56 Å². The van der Waals surface area contributed by atoms with Crippen LogP contribution in [0.1, 0.15) is 22.8 Å². The highest BCUT2D eigenvalue weighted by molar-refractivity contribution is 6.06. The van der Waals surface area contributed by atoms with Crippen LogP contribution < -0.4 is 0 Å². The lowest BCUT2D eigenvalue weighted by Crippen LogP contribution is -1.94. The molecule has 0 saturated carbocycles. The number of hydrogen-bond acceptors (Lipinski definition) is 3. The number of benzene rings is 1. The van der Waals surface area contributed by atoms with Gasteiger partial charge in [-0.1, -0.05) is 18.2 Å². The summed E-state index contributed by atoms with van der Waals surface area (Å²) in [6.45, 7) is 2.74. The van der Waals surface area contributed by atoms with Crippen LogP contribution in [0.2, 0.25) is 0 Å². The van der Waals surface area contributed by atoms with E-state index in [1.807, 2.05) is 43.3 Å². The van der Waals surface area contributed by atoms with E-state index in [-0.39, 0.29) is 5.78 Å². The lowest BCUT2D eigenvalue weighted by Gasteiger charge is -1.98. The molecule has 2 heterocycles. The van der Waals surface area contributed by atoms with E-state index in [1.54, 1.807) is 29.3 Å². The Bertz CT molecular complexity index is 818. The molecule has 4 heteroatoms. The zero-order chi connectivity index (χ0) is 14.7. The third-order valence-corrected chi connectivity index (χ3v) is 3.30. The zero-order valence-corrected chi connectivity index (χ0v) is 11.7. The van der Waals surface area contributed by atoms with Crippen molar-refractivity contribution in [2.24, 2.45) is 0 Å². The standard InChI is InChI=1S/C17H15N3O/c1-2-20-12-15(11-19-20)17(21)8-6-13-5-7-16-14(10-13)4-3-9-18-16/h3-12H,2H2,1H3/b8-6+. The smallest absolute Gasteiger partial charge is 0.189 e. The van der Waals surface area contributed by atoms with E-state index in [2.05, 4.69) is 10.1 Å². The van der Waals surface area contributed by atoms with Gasteiger partial charge in [0.05, 0.1) is 17.3 Å². The van der Waals surface area contributed by atoms with Crippen molar-refractivity contribution < 1.29 is 4.79 Å². The van der Waals surface area contributed by atoms with Crippen LogP contribution in [-0.2, 0) is 6.54 Å². The molecule has 2 aromatic heterocycles. The summed E-state index contributed by atoms with van der Waals surface area (Å²) in [6.07, 6.45) is 8.52. The molecule has 3 aromatic rings. The van der Waals surface area contributed by atoms with Gasteiger partial charge in [-0.3, -0.25) is 14.5 Å². The van der Waals surface area contributed by atoms with E-state index in [1.165, 1.54) is 0 Å². The molecule has 0 unspecified atom stereocenters. The maximum Gasteiger partial charge on any atom is 0.189 e. The van der Waals surface area contributed by atoms with Crippen molar-refractivity contribution in [2.75, 3.05) is 0 Å². The molecule has 0 fully saturated rings. The predicted molar refractivity (Wildman–Crippen MR) is 83.0 cm³/mol. The van der Waals surface area contributed by atoms with E-state index < -0.39 is 0 Å². The first-order chi connectivity index (χ1) is 10.3. The molecule has 0 amide bonds. The fraction of sp³-hybridized carbons (Fsp3) is 0.118. The second kappa shape index (κ2) is 5.71. The average Bonchev–Trinajstić information content (AvgIpc) is 3.01. The van der Waals surface area contributed by atoms with Gasteiger partial charge >= 0.3 is 0 Å². The zero-order valence-electron chi connectivity index (χ0n) is 11.7. The molecule has 4 nitrogen and oxygen atoms in total. The number of nitrogens with zero attached hydrogens (tertiary/aromatic N) is 3. The summed E-state index contributed by atoms with van der Waals surface area (Å²) in [7, 11) is 0. The number of pyridine rings is 1. The molecular weight excluding hydrogens is 262 g/mol. The SMILES string of the molecule is CCn1cc(C(=O)/C=C/c2ccc3ncccc3c2)cn1. The van der Waals surface area contributed by atoms with Crippen molar-refractivity contribution in [1.82, 2.24) is 14.8 Å². The Labute approximate surface area is 122 Å². The molecule has 0 spiro atoms. The van der Waals surface area contributed by atoms with Gasteiger partial charge in [0.1, 0.15) is 0 Å². The Morgan fingerprint density at radius 3 is 3.05 bits per heavy atom. The second-order valence-corrected chi connectivity index (χ2v) is 4.74. The fourth-order valence-corrected chi connectivity index (χ4v) is 2.13. The van der Waals surface area contributed by atoms with Gasteiger partial charge in [0.15, 0.2) is 5.78 Å². The number of aromatic nitrogens is 3. The number of rotatable bonds is 4. The second-order valence-electron chi connectivity index (χ2n) is 4.74. The first kappa shape index (κ1) is 13.2. The first-order valence-electron chi connectivity index (χ1n) is 6.86. The molecule has 0 saturated heterocycles. The van der Waals surface area contributed by atoms with Crippen LogP contribution in [0.4, 0.5) is 0 Å². The molecule has 0 atom stereocenters. The van der Waals surface area contributed by atoms with Crippen LogP contribution in [0, 0.1) is 0 Å². The van der Waals surface area contributed by atoms with E-state index in [0.717, 1.165) is 23.0 Å². The molecule has 0 bridgehead atoms. The Morgan fingerprint density at radius 1 is 1.33 bits per heavy atom. The number of fused-ring (bicyclic) bond motifs is 1. The minimum absolute atomic E-state index is 0.0408. The van der Waals surface area contributed by atoms with Crippen LogP contribution in [-0.4, -0.2) is 20.5 Å². The number of carbonyl (C=O) groups excluding carboxylic acids is 1. The molecular formula is C17H15N3O. The van der Waals surface area contributed by atoms with Crippen molar-refractivity contribution in [3.63, 3.8) is 0 Å². The Kier molecular flexibility index (Phi) is 3.60. The third kappa shape index (κ3) is 2.89. The van der Waals surface area contributed by atoms with Crippen molar-refractivity contribution in [1.29, 1.82) is 0 Å². The van der Waals surface area contributed by atoms with Crippen molar-refractivity contribution in [3.05, 3.63) is 66.1 Å². The van der Waals surface area contributed by atoms with Crippen molar-refractivity contribution in [3.8, 4) is 0 Å². The van der Waals surface area contributed by atoms with Crippen LogP contribution in [0.15, 0.2) is 55.0 Å². The largest absolute Gasteiger partial charge is 0.289 e. The van der Waals surface area contributed by atoms with Crippen LogP contribution in [0.25, 0.3) is 17.0 Å². The summed E-state index contributed by atoms with van der Waals surface area (Å²) < 4.78 is 1.74. The summed E-state index contributed by atoms with van der Waals surface area (Å²) in [4.78, 5) is 16.3. The van der Waals surface area contributed by atoms with E-state index in [9.17, 15) is 4.79 Å². The molecule has 3 rings (SSSR count). The molecule has 0 N–H and O–H groups in total. The van der Waals surface area contributed by atoms with Gasteiger partial charge in [0.25, 0.3) is 0 Å². The summed E-state index contributed by atoms with van der Waals surface area (Å²) >= 11 is 0. The molecule has 1 aromatic carbocycles. The van der Waals surface area contributed by atoms with Crippen LogP contribution >= 0.6 is 0 Å². The molecule has 104 valence electrons. The van der Waals surface area contributed by atoms with Gasteiger partial charge in [-0.15, -0.1) is 0 Å². The Balaban J connectivity index is 1.81. The molecule has 0 aliphatic carbocycles. The maximum atomic E-state index is 12.1. The Morgan fingerprint density at radius 2 is 2.24 bits per heavy atom. The number of carbonyl (C=O) groups is 1. The molecule has 0 radical (unpaired) electrons. The summed E-state index contributed by atoms with van der Waals surface area (Å²) in [5.74, 6) is -0.0408. The molecule has 21 heavy (non-hydrogen) atoms. The average molecular weight is 277 g/mol. The Hall–Kier alpha value is -2.75.